The van der Waals surface area contributed by atoms with Crippen LogP contribution >= 0.6 is 0 Å². The van der Waals surface area contributed by atoms with Crippen LogP contribution in [0.3, 0.4) is 0 Å². The molecule has 0 aromatic rings. The van der Waals surface area contributed by atoms with Gasteiger partial charge in [-0.15, -0.1) is 0 Å². The average Bonchev–Trinajstić information content (AvgIpc) is 2.38. The Morgan fingerprint density at radius 2 is 2.33 bits per heavy atom. The Kier molecular flexibility index (Phi) is 1.24. The Balaban J connectivity index is 2.42. The minimum Gasteiger partial charge on any atom is -0.469 e. The standard InChI is InChI=1S/C6H11NO2/c1-6(7)3-4(6)5(8)9-2/h4H,3,7H2,1-2H3/t4-,6?/m0/s1. The van der Waals surface area contributed by atoms with Crippen molar-refractivity contribution in [2.75, 3.05) is 7.11 Å². The third kappa shape index (κ3) is 1.05. The van der Waals surface area contributed by atoms with Crippen LogP contribution in [-0.4, -0.2) is 18.6 Å². The minimum absolute atomic E-state index is 0.0532. The summed E-state index contributed by atoms with van der Waals surface area (Å²) in [7, 11) is 1.39. The Hall–Kier alpha value is -0.570. The van der Waals surface area contributed by atoms with Crippen LogP contribution < -0.4 is 5.73 Å². The summed E-state index contributed by atoms with van der Waals surface area (Å²) in [6.07, 6.45) is 0.764. The molecule has 3 nitrogen and oxygen atoms in total. The van der Waals surface area contributed by atoms with Crippen LogP contribution in [0, 0.1) is 5.92 Å². The lowest BCUT2D eigenvalue weighted by Gasteiger charge is -1.99. The number of hydrogen-bond acceptors (Lipinski definition) is 3. The second-order valence-corrected chi connectivity index (χ2v) is 2.79. The van der Waals surface area contributed by atoms with Crippen LogP contribution in [0.2, 0.25) is 0 Å². The van der Waals surface area contributed by atoms with Crippen molar-refractivity contribution in [1.82, 2.24) is 0 Å². The fourth-order valence-corrected chi connectivity index (χ4v) is 0.876. The van der Waals surface area contributed by atoms with Gasteiger partial charge in [-0.3, -0.25) is 4.79 Å². The SMILES string of the molecule is COC(=O)[C@@H]1CC1(C)N. The third-order valence-corrected chi connectivity index (χ3v) is 1.77. The van der Waals surface area contributed by atoms with Gasteiger partial charge in [0.15, 0.2) is 0 Å². The molecule has 0 aliphatic heterocycles. The van der Waals surface area contributed by atoms with Gasteiger partial charge >= 0.3 is 5.97 Å². The van der Waals surface area contributed by atoms with E-state index in [0.29, 0.717) is 0 Å². The molecule has 0 heterocycles. The molecule has 0 spiro atoms. The van der Waals surface area contributed by atoms with Crippen molar-refractivity contribution in [2.24, 2.45) is 11.7 Å². The highest BCUT2D eigenvalue weighted by molar-refractivity contribution is 5.77. The molecule has 2 atom stereocenters. The summed E-state index contributed by atoms with van der Waals surface area (Å²) in [4.78, 5) is 10.7. The summed E-state index contributed by atoms with van der Waals surface area (Å²) in [5.41, 5.74) is 5.30. The van der Waals surface area contributed by atoms with Gasteiger partial charge in [-0.2, -0.15) is 0 Å². The van der Waals surface area contributed by atoms with Crippen LogP contribution in [0.4, 0.5) is 0 Å². The Labute approximate surface area is 54.2 Å². The first-order valence-corrected chi connectivity index (χ1v) is 2.94. The Morgan fingerprint density at radius 1 is 1.89 bits per heavy atom. The van der Waals surface area contributed by atoms with Gasteiger partial charge in [-0.25, -0.2) is 0 Å². The largest absolute Gasteiger partial charge is 0.469 e. The number of ether oxygens (including phenoxy) is 1. The summed E-state index contributed by atoms with van der Waals surface area (Å²) >= 11 is 0. The van der Waals surface area contributed by atoms with Crippen molar-refractivity contribution in [3.05, 3.63) is 0 Å². The van der Waals surface area contributed by atoms with Crippen LogP contribution in [0.1, 0.15) is 13.3 Å². The van der Waals surface area contributed by atoms with E-state index in [0.717, 1.165) is 6.42 Å². The van der Waals surface area contributed by atoms with Crippen LogP contribution in [0.15, 0.2) is 0 Å². The van der Waals surface area contributed by atoms with Gasteiger partial charge in [0.2, 0.25) is 0 Å². The second-order valence-electron chi connectivity index (χ2n) is 2.79. The first-order valence-electron chi connectivity index (χ1n) is 2.94. The lowest BCUT2D eigenvalue weighted by Crippen LogP contribution is -2.23. The molecule has 0 aromatic heterocycles. The van der Waals surface area contributed by atoms with Crippen molar-refractivity contribution in [3.8, 4) is 0 Å². The first kappa shape index (κ1) is 6.55. The molecule has 9 heavy (non-hydrogen) atoms. The molecule has 1 fully saturated rings. The summed E-state index contributed by atoms with van der Waals surface area (Å²) in [6, 6.07) is 0. The quantitative estimate of drug-likeness (QED) is 0.503. The number of methoxy groups -OCH3 is 1. The molecule has 0 amide bonds. The Bertz CT molecular complexity index is 142. The highest BCUT2D eigenvalue weighted by Crippen LogP contribution is 2.40. The molecular weight excluding hydrogens is 118 g/mol. The highest BCUT2D eigenvalue weighted by atomic mass is 16.5. The van der Waals surface area contributed by atoms with Gasteiger partial charge in [0.1, 0.15) is 0 Å². The zero-order chi connectivity index (χ0) is 7.07. The van der Waals surface area contributed by atoms with E-state index in [2.05, 4.69) is 4.74 Å². The van der Waals surface area contributed by atoms with Crippen LogP contribution in [0.25, 0.3) is 0 Å². The van der Waals surface area contributed by atoms with E-state index in [1.165, 1.54) is 7.11 Å². The maximum atomic E-state index is 10.7. The maximum absolute atomic E-state index is 10.7. The molecule has 2 N–H and O–H groups in total. The molecule has 0 radical (unpaired) electrons. The minimum atomic E-state index is -0.285. The fourth-order valence-electron chi connectivity index (χ4n) is 0.876. The van der Waals surface area contributed by atoms with Gasteiger partial charge in [0.05, 0.1) is 13.0 Å². The van der Waals surface area contributed by atoms with E-state index in [4.69, 9.17) is 5.73 Å². The van der Waals surface area contributed by atoms with E-state index in [1.54, 1.807) is 0 Å². The van der Waals surface area contributed by atoms with Gasteiger partial charge in [0.25, 0.3) is 0 Å². The number of carbonyl (C=O) groups excluding carboxylic acids is 1. The number of hydrogen-bond donors (Lipinski definition) is 1. The molecular formula is C6H11NO2. The molecule has 1 saturated carbocycles. The first-order chi connectivity index (χ1) is 4.08. The Morgan fingerprint density at radius 3 is 2.44 bits per heavy atom. The molecule has 1 aliphatic rings. The monoisotopic (exact) mass is 129 g/mol. The lowest BCUT2D eigenvalue weighted by molar-refractivity contribution is -0.142. The van der Waals surface area contributed by atoms with Gasteiger partial charge in [-0.05, 0) is 13.3 Å². The molecule has 1 rings (SSSR count). The number of rotatable bonds is 1. The van der Waals surface area contributed by atoms with Gasteiger partial charge in [0, 0.05) is 5.54 Å². The van der Waals surface area contributed by atoms with Gasteiger partial charge < -0.3 is 10.5 Å². The number of nitrogens with two attached hydrogens (primary N) is 1. The smallest absolute Gasteiger partial charge is 0.310 e. The van der Waals surface area contributed by atoms with Crippen molar-refractivity contribution >= 4 is 5.97 Å². The molecule has 0 aromatic carbocycles. The summed E-state index contributed by atoms with van der Waals surface area (Å²) in [6.45, 7) is 1.86. The second kappa shape index (κ2) is 1.70. The third-order valence-electron chi connectivity index (χ3n) is 1.77. The van der Waals surface area contributed by atoms with Gasteiger partial charge in [-0.1, -0.05) is 0 Å². The van der Waals surface area contributed by atoms with E-state index in [-0.39, 0.29) is 17.4 Å². The lowest BCUT2D eigenvalue weighted by atomic mass is 10.3. The summed E-state index contributed by atoms with van der Waals surface area (Å²) < 4.78 is 4.49. The zero-order valence-electron chi connectivity index (χ0n) is 5.68. The van der Waals surface area contributed by atoms with Crippen LogP contribution in [-0.2, 0) is 9.53 Å². The number of carbonyl (C=O) groups is 1. The molecule has 0 bridgehead atoms. The van der Waals surface area contributed by atoms with Crippen molar-refractivity contribution < 1.29 is 9.53 Å². The predicted molar refractivity (Wildman–Crippen MR) is 32.7 cm³/mol. The summed E-state index contributed by atoms with van der Waals surface area (Å²) in [5, 5.41) is 0. The molecule has 0 saturated heterocycles. The van der Waals surface area contributed by atoms with Crippen LogP contribution in [0.5, 0.6) is 0 Å². The zero-order valence-corrected chi connectivity index (χ0v) is 5.68. The fraction of sp³-hybridized carbons (Fsp3) is 0.833. The number of esters is 1. The predicted octanol–water partition coefficient (Wildman–Crippen LogP) is -0.103. The maximum Gasteiger partial charge on any atom is 0.310 e. The van der Waals surface area contributed by atoms with Crippen molar-refractivity contribution in [1.29, 1.82) is 0 Å². The molecule has 3 heteroatoms. The van der Waals surface area contributed by atoms with Crippen molar-refractivity contribution in [2.45, 2.75) is 18.9 Å². The summed E-state index contributed by atoms with van der Waals surface area (Å²) in [5.74, 6) is -0.234. The average molecular weight is 129 g/mol. The van der Waals surface area contributed by atoms with E-state index in [1.807, 2.05) is 6.92 Å². The van der Waals surface area contributed by atoms with E-state index in [9.17, 15) is 4.79 Å². The highest BCUT2D eigenvalue weighted by Gasteiger charge is 2.52. The topological polar surface area (TPSA) is 52.3 Å². The molecule has 52 valence electrons. The molecule has 1 aliphatic carbocycles. The van der Waals surface area contributed by atoms with E-state index < -0.39 is 0 Å². The normalized spacial score (nSPS) is 40.1. The van der Waals surface area contributed by atoms with Crippen molar-refractivity contribution in [3.63, 3.8) is 0 Å². The molecule has 1 unspecified atom stereocenters. The van der Waals surface area contributed by atoms with E-state index >= 15 is 0 Å².